The first-order valence-corrected chi connectivity index (χ1v) is 5.65. The first-order chi connectivity index (χ1) is 9.04. The maximum atomic E-state index is 13.6. The van der Waals surface area contributed by atoms with Crippen LogP contribution in [-0.4, -0.2) is 33.3 Å². The van der Waals surface area contributed by atoms with Crippen LogP contribution in [0.5, 0.6) is 5.75 Å². The fraction of sp³-hybridized carbons (Fsp3) is 0.385. The number of rotatable bonds is 3. The van der Waals surface area contributed by atoms with Crippen molar-refractivity contribution in [2.75, 3.05) is 32.3 Å². The van der Waals surface area contributed by atoms with Crippen LogP contribution in [0.25, 0.3) is 0 Å². The predicted octanol–water partition coefficient (Wildman–Crippen LogP) is 1.34. The Morgan fingerprint density at radius 3 is 2.68 bits per heavy atom. The van der Waals surface area contributed by atoms with Gasteiger partial charge in [0.05, 0.1) is 26.4 Å². The van der Waals surface area contributed by atoms with E-state index in [9.17, 15) is 9.18 Å². The van der Waals surface area contributed by atoms with Gasteiger partial charge in [-0.15, -0.1) is 0 Å². The molecule has 1 aliphatic rings. The third-order valence-electron chi connectivity index (χ3n) is 3.15. The molecule has 100 valence electrons. The molecule has 1 aromatic rings. The van der Waals surface area contributed by atoms with E-state index >= 15 is 0 Å². The molecule has 6 heteroatoms. The van der Waals surface area contributed by atoms with Gasteiger partial charge in [-0.25, -0.2) is 4.39 Å². The van der Waals surface area contributed by atoms with Crippen LogP contribution in [-0.2, 0) is 9.53 Å². The minimum atomic E-state index is -1.15. The SMILES string of the molecule is COc1ccc(N(C)C(=O)C2(C#N)COC2)cc1F. The number of carbonyl (C=O) groups excluding carboxylic acids is 1. The summed E-state index contributed by atoms with van der Waals surface area (Å²) in [5, 5.41) is 9.07. The van der Waals surface area contributed by atoms with Crippen LogP contribution in [0.1, 0.15) is 0 Å². The second-order valence-electron chi connectivity index (χ2n) is 4.37. The lowest BCUT2D eigenvalue weighted by molar-refractivity contribution is -0.146. The van der Waals surface area contributed by atoms with Gasteiger partial charge < -0.3 is 14.4 Å². The van der Waals surface area contributed by atoms with Crippen molar-refractivity contribution in [2.24, 2.45) is 5.41 Å². The lowest BCUT2D eigenvalue weighted by atomic mass is 9.86. The molecule has 0 atom stereocenters. The Balaban J connectivity index is 2.25. The fourth-order valence-electron chi connectivity index (χ4n) is 1.84. The van der Waals surface area contributed by atoms with Gasteiger partial charge in [0.25, 0.3) is 5.91 Å². The molecule has 0 aromatic heterocycles. The Kier molecular flexibility index (Phi) is 3.40. The van der Waals surface area contributed by atoms with E-state index < -0.39 is 17.1 Å². The summed E-state index contributed by atoms with van der Waals surface area (Å²) in [6.45, 7) is 0.149. The van der Waals surface area contributed by atoms with Crippen LogP contribution in [0.15, 0.2) is 18.2 Å². The molecule has 19 heavy (non-hydrogen) atoms. The maximum Gasteiger partial charge on any atom is 0.252 e. The van der Waals surface area contributed by atoms with Crippen molar-refractivity contribution in [3.8, 4) is 11.8 Å². The normalized spacial score (nSPS) is 16.1. The van der Waals surface area contributed by atoms with Gasteiger partial charge in [-0.2, -0.15) is 5.26 Å². The summed E-state index contributed by atoms with van der Waals surface area (Å²) in [5.74, 6) is -0.854. The molecule has 0 radical (unpaired) electrons. The van der Waals surface area contributed by atoms with Crippen molar-refractivity contribution in [3.05, 3.63) is 24.0 Å². The lowest BCUT2D eigenvalue weighted by Crippen LogP contribution is -2.53. The molecule has 1 amide bonds. The summed E-state index contributed by atoms with van der Waals surface area (Å²) in [5.41, 5.74) is -0.782. The number of hydrogen-bond acceptors (Lipinski definition) is 4. The number of hydrogen-bond donors (Lipinski definition) is 0. The van der Waals surface area contributed by atoms with E-state index in [2.05, 4.69) is 0 Å². The second-order valence-corrected chi connectivity index (χ2v) is 4.37. The topological polar surface area (TPSA) is 62.6 Å². The summed E-state index contributed by atoms with van der Waals surface area (Å²) < 4.78 is 23.3. The Morgan fingerprint density at radius 1 is 1.58 bits per heavy atom. The van der Waals surface area contributed by atoms with Gasteiger partial charge in [0, 0.05) is 18.8 Å². The van der Waals surface area contributed by atoms with Crippen molar-refractivity contribution in [1.82, 2.24) is 0 Å². The molecular formula is C13H13FN2O3. The highest BCUT2D eigenvalue weighted by molar-refractivity contribution is 5.99. The molecule has 1 saturated heterocycles. The van der Waals surface area contributed by atoms with E-state index in [1.54, 1.807) is 6.07 Å². The average molecular weight is 264 g/mol. The Bertz CT molecular complexity index is 549. The van der Waals surface area contributed by atoms with Gasteiger partial charge in [0.15, 0.2) is 17.0 Å². The Morgan fingerprint density at radius 2 is 2.26 bits per heavy atom. The van der Waals surface area contributed by atoms with Gasteiger partial charge in [0.2, 0.25) is 0 Å². The largest absolute Gasteiger partial charge is 0.494 e. The molecule has 0 aliphatic carbocycles. The number of carbonyl (C=O) groups is 1. The molecular weight excluding hydrogens is 251 g/mol. The van der Waals surface area contributed by atoms with E-state index in [0.29, 0.717) is 5.69 Å². The van der Waals surface area contributed by atoms with Crippen LogP contribution >= 0.6 is 0 Å². The van der Waals surface area contributed by atoms with Gasteiger partial charge in [-0.1, -0.05) is 0 Å². The summed E-state index contributed by atoms with van der Waals surface area (Å²) in [6.07, 6.45) is 0. The average Bonchev–Trinajstić information content (AvgIpc) is 2.37. The van der Waals surface area contributed by atoms with Crippen LogP contribution in [0.2, 0.25) is 0 Å². The zero-order chi connectivity index (χ0) is 14.0. The predicted molar refractivity (Wildman–Crippen MR) is 65.2 cm³/mol. The molecule has 2 rings (SSSR count). The summed E-state index contributed by atoms with van der Waals surface area (Å²) in [6, 6.07) is 6.16. The highest BCUT2D eigenvalue weighted by atomic mass is 19.1. The number of methoxy groups -OCH3 is 1. The van der Waals surface area contributed by atoms with Crippen LogP contribution in [0.3, 0.4) is 0 Å². The minimum absolute atomic E-state index is 0.0747. The van der Waals surface area contributed by atoms with E-state index in [4.69, 9.17) is 14.7 Å². The maximum absolute atomic E-state index is 13.6. The van der Waals surface area contributed by atoms with Gasteiger partial charge in [-0.05, 0) is 12.1 Å². The van der Waals surface area contributed by atoms with Crippen LogP contribution in [0, 0.1) is 22.6 Å². The summed E-state index contributed by atoms with van der Waals surface area (Å²) in [7, 11) is 2.87. The number of amides is 1. The highest BCUT2D eigenvalue weighted by Crippen LogP contribution is 2.31. The van der Waals surface area contributed by atoms with Crippen molar-refractivity contribution < 1.29 is 18.7 Å². The molecule has 1 fully saturated rings. The standard InChI is InChI=1S/C13H13FN2O3/c1-16(12(17)13(6-15)7-19-8-13)9-3-4-11(18-2)10(14)5-9/h3-5H,7-8H2,1-2H3. The summed E-state index contributed by atoms with van der Waals surface area (Å²) in [4.78, 5) is 13.5. The molecule has 1 heterocycles. The number of nitriles is 1. The lowest BCUT2D eigenvalue weighted by Gasteiger charge is -2.36. The number of nitrogens with zero attached hydrogens (tertiary/aromatic N) is 2. The quantitative estimate of drug-likeness (QED) is 0.826. The van der Waals surface area contributed by atoms with E-state index in [-0.39, 0.29) is 19.0 Å². The van der Waals surface area contributed by atoms with Crippen molar-refractivity contribution in [2.45, 2.75) is 0 Å². The highest BCUT2D eigenvalue weighted by Gasteiger charge is 2.48. The molecule has 0 bridgehead atoms. The summed E-state index contributed by atoms with van der Waals surface area (Å²) >= 11 is 0. The second kappa shape index (κ2) is 4.86. The fourth-order valence-corrected chi connectivity index (χ4v) is 1.84. The number of halogens is 1. The molecule has 0 N–H and O–H groups in total. The monoisotopic (exact) mass is 264 g/mol. The molecule has 1 aromatic carbocycles. The molecule has 5 nitrogen and oxygen atoms in total. The van der Waals surface area contributed by atoms with E-state index in [1.165, 1.54) is 31.2 Å². The Hall–Kier alpha value is -2.13. The van der Waals surface area contributed by atoms with Crippen molar-refractivity contribution in [3.63, 3.8) is 0 Å². The molecule has 1 aliphatic heterocycles. The number of anilines is 1. The Labute approximate surface area is 110 Å². The van der Waals surface area contributed by atoms with E-state index in [1.807, 2.05) is 6.07 Å². The zero-order valence-electron chi connectivity index (χ0n) is 10.6. The van der Waals surface area contributed by atoms with Crippen molar-refractivity contribution in [1.29, 1.82) is 5.26 Å². The van der Waals surface area contributed by atoms with Crippen molar-refractivity contribution >= 4 is 11.6 Å². The molecule has 0 unspecified atom stereocenters. The van der Waals surface area contributed by atoms with Gasteiger partial charge >= 0.3 is 0 Å². The minimum Gasteiger partial charge on any atom is -0.494 e. The third-order valence-corrected chi connectivity index (χ3v) is 3.15. The smallest absolute Gasteiger partial charge is 0.252 e. The van der Waals surface area contributed by atoms with Gasteiger partial charge in [-0.3, -0.25) is 4.79 Å². The van der Waals surface area contributed by atoms with Gasteiger partial charge in [0.1, 0.15) is 0 Å². The molecule has 0 spiro atoms. The van der Waals surface area contributed by atoms with Crippen LogP contribution < -0.4 is 9.64 Å². The molecule has 0 saturated carbocycles. The first kappa shape index (κ1) is 13.3. The number of ether oxygens (including phenoxy) is 2. The third kappa shape index (κ3) is 2.13. The van der Waals surface area contributed by atoms with E-state index in [0.717, 1.165) is 0 Å². The first-order valence-electron chi connectivity index (χ1n) is 5.65. The zero-order valence-corrected chi connectivity index (χ0v) is 10.6. The van der Waals surface area contributed by atoms with Crippen LogP contribution in [0.4, 0.5) is 10.1 Å². The number of benzene rings is 1.